The van der Waals surface area contributed by atoms with Crippen molar-refractivity contribution in [3.05, 3.63) is 0 Å². The standard InChI is InChI=1S/C12H25Cl/c1-6-10(2)8-7-9-11(13)12(3,4)5/h10-11H,6-9H2,1-5H3. The molecule has 0 nitrogen and oxygen atoms in total. The van der Waals surface area contributed by atoms with Crippen LogP contribution in [0.2, 0.25) is 0 Å². The van der Waals surface area contributed by atoms with E-state index in [2.05, 4.69) is 34.6 Å². The fraction of sp³-hybridized carbons (Fsp3) is 1.00. The first-order valence-electron chi connectivity index (χ1n) is 5.52. The van der Waals surface area contributed by atoms with Crippen LogP contribution in [-0.2, 0) is 0 Å². The molecule has 0 N–H and O–H groups in total. The largest absolute Gasteiger partial charge is 0.122 e. The summed E-state index contributed by atoms with van der Waals surface area (Å²) >= 11 is 6.28. The summed E-state index contributed by atoms with van der Waals surface area (Å²) in [5.41, 5.74) is 0.261. The molecular weight excluding hydrogens is 180 g/mol. The van der Waals surface area contributed by atoms with E-state index in [-0.39, 0.29) is 5.41 Å². The van der Waals surface area contributed by atoms with Crippen molar-refractivity contribution in [2.75, 3.05) is 0 Å². The zero-order valence-corrected chi connectivity index (χ0v) is 10.6. The molecule has 0 fully saturated rings. The Kier molecular flexibility index (Phi) is 6.04. The summed E-state index contributed by atoms with van der Waals surface area (Å²) in [4.78, 5) is 0. The predicted molar refractivity (Wildman–Crippen MR) is 62.4 cm³/mol. The molecule has 0 aromatic carbocycles. The van der Waals surface area contributed by atoms with E-state index in [1.54, 1.807) is 0 Å². The average molecular weight is 205 g/mol. The third-order valence-electron chi connectivity index (χ3n) is 2.79. The molecule has 2 unspecified atom stereocenters. The van der Waals surface area contributed by atoms with Crippen LogP contribution in [0.5, 0.6) is 0 Å². The van der Waals surface area contributed by atoms with Gasteiger partial charge in [0, 0.05) is 5.38 Å². The van der Waals surface area contributed by atoms with Crippen LogP contribution in [0.25, 0.3) is 0 Å². The van der Waals surface area contributed by atoms with E-state index < -0.39 is 0 Å². The highest BCUT2D eigenvalue weighted by molar-refractivity contribution is 6.21. The van der Waals surface area contributed by atoms with E-state index in [0.717, 1.165) is 12.3 Å². The molecule has 0 aromatic heterocycles. The SMILES string of the molecule is CCC(C)CCCC(Cl)C(C)(C)C. The van der Waals surface area contributed by atoms with Crippen molar-refractivity contribution in [3.63, 3.8) is 0 Å². The lowest BCUT2D eigenvalue weighted by molar-refractivity contribution is 0.356. The molecule has 0 aliphatic heterocycles. The monoisotopic (exact) mass is 204 g/mol. The van der Waals surface area contributed by atoms with Gasteiger partial charge in [0.15, 0.2) is 0 Å². The van der Waals surface area contributed by atoms with Crippen LogP contribution in [0.1, 0.15) is 60.3 Å². The number of alkyl halides is 1. The van der Waals surface area contributed by atoms with Crippen molar-refractivity contribution in [2.45, 2.75) is 65.7 Å². The van der Waals surface area contributed by atoms with Crippen molar-refractivity contribution in [1.82, 2.24) is 0 Å². The Morgan fingerprint density at radius 1 is 1.15 bits per heavy atom. The lowest BCUT2D eigenvalue weighted by atomic mass is 9.88. The maximum atomic E-state index is 6.28. The molecule has 0 aliphatic rings. The maximum absolute atomic E-state index is 6.28. The summed E-state index contributed by atoms with van der Waals surface area (Å²) in [6.07, 6.45) is 5.06. The minimum absolute atomic E-state index is 0.261. The predicted octanol–water partition coefficient (Wildman–Crippen LogP) is 4.86. The number of hydrogen-bond donors (Lipinski definition) is 0. The third kappa shape index (κ3) is 6.37. The van der Waals surface area contributed by atoms with Crippen molar-refractivity contribution in [3.8, 4) is 0 Å². The van der Waals surface area contributed by atoms with Gasteiger partial charge in [-0.05, 0) is 17.8 Å². The second kappa shape index (κ2) is 5.90. The van der Waals surface area contributed by atoms with E-state index >= 15 is 0 Å². The second-order valence-electron chi connectivity index (χ2n) is 5.28. The minimum Gasteiger partial charge on any atom is -0.122 e. The molecule has 0 saturated heterocycles. The van der Waals surface area contributed by atoms with Crippen LogP contribution in [0.4, 0.5) is 0 Å². The molecule has 0 aliphatic carbocycles. The van der Waals surface area contributed by atoms with Gasteiger partial charge in [0.05, 0.1) is 0 Å². The molecule has 0 rings (SSSR count). The quantitative estimate of drug-likeness (QED) is 0.562. The summed E-state index contributed by atoms with van der Waals surface area (Å²) in [5.74, 6) is 0.865. The van der Waals surface area contributed by atoms with E-state index in [1.807, 2.05) is 0 Å². The fourth-order valence-electron chi connectivity index (χ4n) is 1.28. The Bertz CT molecular complexity index is 124. The van der Waals surface area contributed by atoms with Crippen LogP contribution in [-0.4, -0.2) is 5.38 Å². The van der Waals surface area contributed by atoms with Crippen molar-refractivity contribution < 1.29 is 0 Å². The third-order valence-corrected chi connectivity index (χ3v) is 3.66. The van der Waals surface area contributed by atoms with Crippen LogP contribution in [0, 0.1) is 11.3 Å². The average Bonchev–Trinajstić information content (AvgIpc) is 2.02. The highest BCUT2D eigenvalue weighted by Gasteiger charge is 2.21. The minimum atomic E-state index is 0.261. The second-order valence-corrected chi connectivity index (χ2v) is 5.80. The summed E-state index contributed by atoms with van der Waals surface area (Å²) in [6, 6.07) is 0. The number of rotatable bonds is 5. The molecule has 1 heteroatoms. The van der Waals surface area contributed by atoms with E-state index in [0.29, 0.717) is 5.38 Å². The van der Waals surface area contributed by atoms with Gasteiger partial charge in [-0.2, -0.15) is 0 Å². The van der Waals surface area contributed by atoms with Gasteiger partial charge in [-0.15, -0.1) is 11.6 Å². The molecule has 0 amide bonds. The topological polar surface area (TPSA) is 0 Å². The first-order valence-corrected chi connectivity index (χ1v) is 5.95. The van der Waals surface area contributed by atoms with E-state index in [4.69, 9.17) is 11.6 Å². The Balaban J connectivity index is 3.54. The molecular formula is C12H25Cl. The Morgan fingerprint density at radius 2 is 1.69 bits per heavy atom. The molecule has 0 heterocycles. The van der Waals surface area contributed by atoms with Crippen LogP contribution >= 0.6 is 11.6 Å². The lowest BCUT2D eigenvalue weighted by Crippen LogP contribution is -2.20. The highest BCUT2D eigenvalue weighted by atomic mass is 35.5. The molecule has 13 heavy (non-hydrogen) atoms. The maximum Gasteiger partial charge on any atom is 0.0384 e. The lowest BCUT2D eigenvalue weighted by Gasteiger charge is -2.25. The first kappa shape index (κ1) is 13.3. The Labute approximate surface area is 89.1 Å². The zero-order valence-electron chi connectivity index (χ0n) is 9.86. The molecule has 0 bridgehead atoms. The van der Waals surface area contributed by atoms with Gasteiger partial charge in [-0.25, -0.2) is 0 Å². The zero-order chi connectivity index (χ0) is 10.5. The van der Waals surface area contributed by atoms with Gasteiger partial charge in [-0.1, -0.05) is 53.9 Å². The van der Waals surface area contributed by atoms with Gasteiger partial charge >= 0.3 is 0 Å². The van der Waals surface area contributed by atoms with Crippen LogP contribution in [0.3, 0.4) is 0 Å². The summed E-state index contributed by atoms with van der Waals surface area (Å²) < 4.78 is 0. The van der Waals surface area contributed by atoms with Gasteiger partial charge in [0.25, 0.3) is 0 Å². The molecule has 80 valence electrons. The number of hydrogen-bond acceptors (Lipinski definition) is 0. The van der Waals surface area contributed by atoms with E-state index in [9.17, 15) is 0 Å². The molecule has 0 spiro atoms. The van der Waals surface area contributed by atoms with Gasteiger partial charge < -0.3 is 0 Å². The van der Waals surface area contributed by atoms with Crippen molar-refractivity contribution in [2.24, 2.45) is 11.3 Å². The Morgan fingerprint density at radius 3 is 2.08 bits per heavy atom. The Hall–Kier alpha value is 0.290. The normalized spacial score (nSPS) is 17.1. The van der Waals surface area contributed by atoms with Gasteiger partial charge in [-0.3, -0.25) is 0 Å². The summed E-state index contributed by atoms with van der Waals surface area (Å²) in [7, 11) is 0. The number of halogens is 1. The molecule has 0 radical (unpaired) electrons. The van der Waals surface area contributed by atoms with Crippen molar-refractivity contribution in [1.29, 1.82) is 0 Å². The molecule has 0 saturated carbocycles. The first-order chi connectivity index (χ1) is 5.88. The summed E-state index contributed by atoms with van der Waals surface area (Å²) in [6.45, 7) is 11.2. The van der Waals surface area contributed by atoms with Crippen LogP contribution in [0.15, 0.2) is 0 Å². The summed E-state index contributed by atoms with van der Waals surface area (Å²) in [5, 5.41) is 0.330. The van der Waals surface area contributed by atoms with Crippen molar-refractivity contribution >= 4 is 11.6 Å². The smallest absolute Gasteiger partial charge is 0.0384 e. The highest BCUT2D eigenvalue weighted by Crippen LogP contribution is 2.29. The van der Waals surface area contributed by atoms with Gasteiger partial charge in [0.1, 0.15) is 0 Å². The molecule has 2 atom stereocenters. The molecule has 0 aromatic rings. The van der Waals surface area contributed by atoms with Crippen LogP contribution < -0.4 is 0 Å². The van der Waals surface area contributed by atoms with Gasteiger partial charge in [0.2, 0.25) is 0 Å². The van der Waals surface area contributed by atoms with E-state index in [1.165, 1.54) is 19.3 Å². The fourth-order valence-corrected chi connectivity index (χ4v) is 1.44.